The Morgan fingerprint density at radius 3 is 2.45 bits per heavy atom. The second kappa shape index (κ2) is 8.98. The van der Waals surface area contributed by atoms with E-state index < -0.39 is 0 Å². The van der Waals surface area contributed by atoms with Crippen molar-refractivity contribution in [2.24, 2.45) is 13.0 Å². The second-order valence-corrected chi connectivity index (χ2v) is 7.31. The van der Waals surface area contributed by atoms with E-state index in [9.17, 15) is 9.59 Å². The first-order valence-corrected chi connectivity index (χ1v) is 9.75. The number of likely N-dealkylation sites (tertiary alicyclic amines) is 1. The zero-order chi connectivity index (χ0) is 21.0. The number of carbonyl (C=O) groups is 2. The number of ketones is 1. The molecular weight excluding hydrogens is 372 g/mol. The first-order chi connectivity index (χ1) is 13.9. The second-order valence-electron chi connectivity index (χ2n) is 7.31. The summed E-state index contributed by atoms with van der Waals surface area (Å²) in [6, 6.07) is 5.69. The molecule has 0 spiro atoms. The van der Waals surface area contributed by atoms with Crippen LogP contribution in [-0.2, 0) is 18.3 Å². The molecule has 1 aliphatic rings. The fraction of sp³-hybridized carbons (Fsp3) is 0.476. The van der Waals surface area contributed by atoms with Gasteiger partial charge in [-0.25, -0.2) is 0 Å². The molecule has 8 heteroatoms. The first kappa shape index (κ1) is 20.7. The number of anilines is 1. The molecule has 2 heterocycles. The third-order valence-electron chi connectivity index (χ3n) is 5.42. The fourth-order valence-corrected chi connectivity index (χ4v) is 3.75. The predicted molar refractivity (Wildman–Crippen MR) is 109 cm³/mol. The summed E-state index contributed by atoms with van der Waals surface area (Å²) >= 11 is 0. The minimum Gasteiger partial charge on any atom is -0.493 e. The number of ether oxygens (including phenoxy) is 2. The van der Waals surface area contributed by atoms with Gasteiger partial charge in [-0.2, -0.15) is 5.10 Å². The van der Waals surface area contributed by atoms with Crippen molar-refractivity contribution < 1.29 is 19.1 Å². The molecule has 0 saturated carbocycles. The SMILES string of the molecule is COc1ccc(CCC(=O)N2CCC(C(=O)c3cn(C)nc3N)CC2)cc1OC. The highest BCUT2D eigenvalue weighted by atomic mass is 16.5. The maximum Gasteiger partial charge on any atom is 0.222 e. The number of methoxy groups -OCH3 is 2. The van der Waals surface area contributed by atoms with Gasteiger partial charge in [0.05, 0.1) is 19.8 Å². The van der Waals surface area contributed by atoms with Crippen LogP contribution in [0.2, 0.25) is 0 Å². The summed E-state index contributed by atoms with van der Waals surface area (Å²) in [5, 5.41) is 4.04. The van der Waals surface area contributed by atoms with Crippen molar-refractivity contribution in [1.82, 2.24) is 14.7 Å². The highest BCUT2D eigenvalue weighted by molar-refractivity contribution is 6.01. The number of piperidine rings is 1. The molecular formula is C21H28N4O4. The first-order valence-electron chi connectivity index (χ1n) is 9.75. The van der Waals surface area contributed by atoms with Crippen LogP contribution in [-0.4, -0.2) is 53.7 Å². The van der Waals surface area contributed by atoms with Gasteiger partial charge in [0.1, 0.15) is 0 Å². The van der Waals surface area contributed by atoms with E-state index in [1.165, 1.54) is 0 Å². The Kier molecular flexibility index (Phi) is 6.41. The number of rotatable bonds is 7. The molecule has 1 aromatic carbocycles. The van der Waals surface area contributed by atoms with Crippen LogP contribution in [0.4, 0.5) is 5.82 Å². The van der Waals surface area contributed by atoms with Crippen LogP contribution in [0.15, 0.2) is 24.4 Å². The Hall–Kier alpha value is -3.03. The molecule has 1 aliphatic heterocycles. The Labute approximate surface area is 170 Å². The minimum absolute atomic E-state index is 0.0213. The Morgan fingerprint density at radius 2 is 1.86 bits per heavy atom. The quantitative estimate of drug-likeness (QED) is 0.715. The monoisotopic (exact) mass is 400 g/mol. The van der Waals surface area contributed by atoms with Crippen molar-refractivity contribution in [2.75, 3.05) is 33.0 Å². The summed E-state index contributed by atoms with van der Waals surface area (Å²) < 4.78 is 12.1. The summed E-state index contributed by atoms with van der Waals surface area (Å²) in [6.07, 6.45) is 4.01. The summed E-state index contributed by atoms with van der Waals surface area (Å²) in [5.74, 6) is 1.61. The topological polar surface area (TPSA) is 99.7 Å². The fourth-order valence-electron chi connectivity index (χ4n) is 3.75. The van der Waals surface area contributed by atoms with Gasteiger partial charge in [0, 0.05) is 38.7 Å². The van der Waals surface area contributed by atoms with Crippen LogP contribution in [0.25, 0.3) is 0 Å². The van der Waals surface area contributed by atoms with Crippen molar-refractivity contribution in [3.63, 3.8) is 0 Å². The Bertz CT molecular complexity index is 885. The number of hydrogen-bond acceptors (Lipinski definition) is 6. The van der Waals surface area contributed by atoms with Gasteiger partial charge in [-0.1, -0.05) is 6.07 Å². The molecule has 8 nitrogen and oxygen atoms in total. The average Bonchev–Trinajstić information content (AvgIpc) is 3.09. The standard InChI is InChI=1S/C21H28N4O4/c1-24-13-16(21(22)23-24)20(27)15-8-10-25(11-9-15)19(26)7-5-14-4-6-17(28-2)18(12-14)29-3/h4,6,12-13,15H,5,7-11H2,1-3H3,(H2,22,23). The number of aryl methyl sites for hydroxylation is 2. The van der Waals surface area contributed by atoms with Crippen LogP contribution in [0.5, 0.6) is 11.5 Å². The lowest BCUT2D eigenvalue weighted by molar-refractivity contribution is -0.132. The van der Waals surface area contributed by atoms with Crippen LogP contribution in [0, 0.1) is 5.92 Å². The Morgan fingerprint density at radius 1 is 1.17 bits per heavy atom. The molecule has 0 unspecified atom stereocenters. The van der Waals surface area contributed by atoms with E-state index in [-0.39, 0.29) is 23.4 Å². The highest BCUT2D eigenvalue weighted by Crippen LogP contribution is 2.28. The van der Waals surface area contributed by atoms with Gasteiger partial charge >= 0.3 is 0 Å². The van der Waals surface area contributed by atoms with Crippen LogP contribution < -0.4 is 15.2 Å². The third-order valence-corrected chi connectivity index (χ3v) is 5.42. The number of Topliss-reactive ketones (excluding diaryl/α,β-unsaturated/α-hetero) is 1. The number of nitrogens with zero attached hydrogens (tertiary/aromatic N) is 3. The summed E-state index contributed by atoms with van der Waals surface area (Å²) in [7, 11) is 4.93. The molecule has 1 saturated heterocycles. The van der Waals surface area contributed by atoms with Crippen molar-refractivity contribution in [3.8, 4) is 11.5 Å². The van der Waals surface area contributed by atoms with Gasteiger partial charge in [-0.15, -0.1) is 0 Å². The van der Waals surface area contributed by atoms with E-state index in [4.69, 9.17) is 15.2 Å². The number of amides is 1. The van der Waals surface area contributed by atoms with E-state index in [2.05, 4.69) is 5.10 Å². The lowest BCUT2D eigenvalue weighted by atomic mass is 9.89. The zero-order valence-electron chi connectivity index (χ0n) is 17.2. The lowest BCUT2D eigenvalue weighted by Gasteiger charge is -2.31. The number of nitrogen functional groups attached to an aromatic ring is 1. The molecule has 0 radical (unpaired) electrons. The van der Waals surface area contributed by atoms with E-state index in [1.807, 2.05) is 23.1 Å². The molecule has 3 rings (SSSR count). The van der Waals surface area contributed by atoms with Gasteiger partial charge in [0.25, 0.3) is 0 Å². The van der Waals surface area contributed by atoms with Gasteiger partial charge in [-0.3, -0.25) is 14.3 Å². The van der Waals surface area contributed by atoms with Crippen LogP contribution >= 0.6 is 0 Å². The largest absolute Gasteiger partial charge is 0.493 e. The van der Waals surface area contributed by atoms with Crippen molar-refractivity contribution in [2.45, 2.75) is 25.7 Å². The lowest BCUT2D eigenvalue weighted by Crippen LogP contribution is -2.40. The molecule has 2 N–H and O–H groups in total. The summed E-state index contributed by atoms with van der Waals surface area (Å²) in [4.78, 5) is 27.1. The predicted octanol–water partition coefficient (Wildman–Crippen LogP) is 2.07. The van der Waals surface area contributed by atoms with Gasteiger partial charge in [0.15, 0.2) is 23.1 Å². The molecule has 1 amide bonds. The third kappa shape index (κ3) is 4.70. The van der Waals surface area contributed by atoms with E-state index in [1.54, 1.807) is 32.1 Å². The van der Waals surface area contributed by atoms with E-state index in [0.717, 1.165) is 5.56 Å². The molecule has 0 atom stereocenters. The smallest absolute Gasteiger partial charge is 0.222 e. The summed E-state index contributed by atoms with van der Waals surface area (Å²) in [5.41, 5.74) is 7.32. The van der Waals surface area contributed by atoms with Crippen LogP contribution in [0.1, 0.15) is 35.2 Å². The molecule has 0 aliphatic carbocycles. The number of nitrogens with two attached hydrogens (primary N) is 1. The number of carbonyl (C=O) groups excluding carboxylic acids is 2. The van der Waals surface area contributed by atoms with E-state index >= 15 is 0 Å². The maximum absolute atomic E-state index is 12.7. The van der Waals surface area contributed by atoms with Crippen molar-refractivity contribution in [3.05, 3.63) is 35.5 Å². The van der Waals surface area contributed by atoms with E-state index in [0.29, 0.717) is 55.8 Å². The molecule has 156 valence electrons. The normalized spacial score (nSPS) is 14.7. The van der Waals surface area contributed by atoms with Crippen molar-refractivity contribution in [1.29, 1.82) is 0 Å². The van der Waals surface area contributed by atoms with Gasteiger partial charge in [0.2, 0.25) is 5.91 Å². The maximum atomic E-state index is 12.7. The van der Waals surface area contributed by atoms with Crippen LogP contribution in [0.3, 0.4) is 0 Å². The molecule has 0 bridgehead atoms. The average molecular weight is 400 g/mol. The molecule has 29 heavy (non-hydrogen) atoms. The number of benzene rings is 1. The van der Waals surface area contributed by atoms with Gasteiger partial charge in [-0.05, 0) is 37.0 Å². The van der Waals surface area contributed by atoms with Gasteiger partial charge < -0.3 is 20.1 Å². The summed E-state index contributed by atoms with van der Waals surface area (Å²) in [6.45, 7) is 1.17. The molecule has 1 aromatic heterocycles. The molecule has 2 aromatic rings. The molecule has 1 fully saturated rings. The number of hydrogen-bond donors (Lipinski definition) is 1. The highest BCUT2D eigenvalue weighted by Gasteiger charge is 2.29. The Balaban J connectivity index is 1.51. The number of aromatic nitrogens is 2. The minimum atomic E-state index is -0.114. The van der Waals surface area contributed by atoms with Crippen molar-refractivity contribution >= 4 is 17.5 Å². The zero-order valence-corrected chi connectivity index (χ0v) is 17.2.